The number of tetrazole rings is 2. The van der Waals surface area contributed by atoms with Gasteiger partial charge in [-0.15, -0.1) is 10.2 Å². The first-order valence-electron chi connectivity index (χ1n) is 35.8. The van der Waals surface area contributed by atoms with Crippen molar-refractivity contribution in [1.82, 2.24) is 56.4 Å². The number of aromatic nitrogens is 8. The summed E-state index contributed by atoms with van der Waals surface area (Å²) in [5.41, 5.74) is 7.61. The Hall–Kier alpha value is -11.0. The average Bonchev–Trinajstić information content (AvgIpc) is 1.74. The van der Waals surface area contributed by atoms with E-state index in [2.05, 4.69) is 80.3 Å². The van der Waals surface area contributed by atoms with E-state index in [-0.39, 0.29) is 69.5 Å². The molecule has 2 atom stereocenters. The fourth-order valence-corrected chi connectivity index (χ4v) is 9.50. The number of unbranched alkanes of at least 4 members (excludes halogenated alkanes) is 4. The molecular weight excluding hydrogens is 1590 g/mol. The lowest BCUT2D eigenvalue weighted by atomic mass is 10.2. The van der Waals surface area contributed by atoms with Crippen molar-refractivity contribution < 1.29 is 99.7 Å². The van der Waals surface area contributed by atoms with Crippen LogP contribution in [0.4, 0.5) is 14.4 Å². The van der Waals surface area contributed by atoms with Crippen LogP contribution in [0.1, 0.15) is 148 Å². The summed E-state index contributed by atoms with van der Waals surface area (Å²) in [6.07, 6.45) is 6.24. The fourth-order valence-electron chi connectivity index (χ4n) is 8.96. The quantitative estimate of drug-likeness (QED) is 0.00405. The number of alkyl halides is 1. The van der Waals surface area contributed by atoms with Gasteiger partial charge in [0.1, 0.15) is 31.5 Å². The normalized spacial score (nSPS) is 11.1. The molecule has 604 valence electrons. The molecule has 8 aromatic rings. The molecule has 33 nitrogen and oxygen atoms in total. The van der Waals surface area contributed by atoms with Gasteiger partial charge in [0.15, 0.2) is 11.9 Å². The smallest absolute Gasteiger partial charge is 0.408 e. The van der Waals surface area contributed by atoms with Crippen molar-refractivity contribution in [3.63, 3.8) is 0 Å². The molecule has 0 aliphatic carbocycles. The highest BCUT2D eigenvalue weighted by atomic mass is 127. The van der Waals surface area contributed by atoms with Crippen LogP contribution in [-0.4, -0.2) is 190 Å². The number of carbonyl (C=O) groups excluding carboxylic acids is 8. The van der Waals surface area contributed by atoms with Crippen molar-refractivity contribution in [2.45, 2.75) is 116 Å². The third-order valence-electron chi connectivity index (χ3n) is 14.3. The Morgan fingerprint density at radius 2 is 0.848 bits per heavy atom. The molecule has 6 N–H and O–H groups in total. The average molecular weight is 1680 g/mol. The predicted molar refractivity (Wildman–Crippen MR) is 416 cm³/mol. The standard InChI is InChI=1S/C29H38N6O7.C24H30N6O5.C12H13NO3.C11H13IO2.CH4O3S/c1-29(2,3)42-28(38)31-24(21-39-20-22-12-6-4-7-13-22)25-32-33-34-35(25)17-19-41-27(37)30-16-10-11-18-40-26(36)23-14-8-5-9-15-23;25-21(18-33-17-19-9-3-1-4-10-19)22-27-28-29-30(22)14-16-35-24(32)26-13-7-8-15-34-23(31)20-11-5-2-6-12-20;14-10-13-8-4-5-9-16-12(15)11-6-2-1-3-7-11;12-8-4-5-9-14-11(13)10-6-2-1-3-7-10;1-5(2,3)4/h4-9,12-15,24H,10-11,16-21H2,1-3H3,(H,30,37)(H,31,38);1-6,9-12,21H,7-8,13-18,25H2,(H,26,32);1-3,6-7H,4-5,8-9H2;1-3,6-7H,4-5,8-9H2;1H3,(H,2,3,4)/t24-;21-;;;/m11.../s1. The number of isocyanates is 1. The van der Waals surface area contributed by atoms with Crippen LogP contribution in [0.5, 0.6) is 0 Å². The van der Waals surface area contributed by atoms with Crippen LogP contribution in [0.2, 0.25) is 0 Å². The fraction of sp³-hybridized carbons (Fsp3) is 0.403. The number of nitrogens with zero attached hydrogens (tertiary/aromatic N) is 9. The van der Waals surface area contributed by atoms with E-state index in [1.807, 2.05) is 97.1 Å². The summed E-state index contributed by atoms with van der Waals surface area (Å²) >= 11 is 2.32. The number of quaternary nitrogens is 1. The lowest BCUT2D eigenvalue weighted by molar-refractivity contribution is -0.437. The third-order valence-corrected chi connectivity index (χ3v) is 15.1. The summed E-state index contributed by atoms with van der Waals surface area (Å²) in [5, 5.41) is 31.5. The molecule has 0 unspecified atom stereocenters. The van der Waals surface area contributed by atoms with Crippen LogP contribution >= 0.6 is 22.6 Å². The van der Waals surface area contributed by atoms with Crippen molar-refractivity contribution in [3.05, 3.63) is 227 Å². The zero-order valence-electron chi connectivity index (χ0n) is 63.1. The number of alkyl carbamates (subject to hydrolysis) is 3. The molecular formula is C77H98IN13O20S. The van der Waals surface area contributed by atoms with Gasteiger partial charge in [-0.05, 0) is 157 Å². The first-order valence-corrected chi connectivity index (χ1v) is 39.2. The Morgan fingerprint density at radius 1 is 0.500 bits per heavy atom. The van der Waals surface area contributed by atoms with Crippen molar-refractivity contribution in [2.75, 3.05) is 83.2 Å². The van der Waals surface area contributed by atoms with Gasteiger partial charge in [0.05, 0.1) is 98.3 Å². The van der Waals surface area contributed by atoms with E-state index < -0.39 is 40.0 Å². The van der Waals surface area contributed by atoms with Crippen LogP contribution in [-0.2, 0) is 83.8 Å². The van der Waals surface area contributed by atoms with E-state index in [1.54, 1.807) is 110 Å². The van der Waals surface area contributed by atoms with E-state index >= 15 is 0 Å². The summed E-state index contributed by atoms with van der Waals surface area (Å²) in [4.78, 5) is 96.2. The maximum Gasteiger partial charge on any atom is 0.408 e. The highest BCUT2D eigenvalue weighted by molar-refractivity contribution is 14.1. The first kappa shape index (κ1) is 93.4. The third kappa shape index (κ3) is 44.6. The number of amides is 3. The van der Waals surface area contributed by atoms with Gasteiger partial charge in [0, 0.05) is 19.3 Å². The maximum atomic E-state index is 12.5. The van der Waals surface area contributed by atoms with E-state index in [0.29, 0.717) is 131 Å². The summed E-state index contributed by atoms with van der Waals surface area (Å²) in [7, 11) is -3.92. The van der Waals surface area contributed by atoms with Gasteiger partial charge >= 0.3 is 42.2 Å². The number of hydrogen-bond donors (Lipinski definition) is 4. The minimum absolute atomic E-state index is 0.0113. The monoisotopic (exact) mass is 1680 g/mol. The van der Waals surface area contributed by atoms with Crippen LogP contribution < -0.4 is 21.7 Å². The predicted octanol–water partition coefficient (Wildman–Crippen LogP) is 9.53. The molecule has 112 heavy (non-hydrogen) atoms. The summed E-state index contributed by atoms with van der Waals surface area (Å²) in [6, 6.07) is 54.0. The number of hydrogen-bond acceptors (Lipinski definition) is 27. The Bertz CT molecular complexity index is 4110. The van der Waals surface area contributed by atoms with Gasteiger partial charge in [-0.1, -0.05) is 156 Å². The minimum Gasteiger partial charge on any atom is -0.748 e. The highest BCUT2D eigenvalue weighted by Crippen LogP contribution is 2.16. The number of esters is 4. The molecule has 3 amide bonds. The Morgan fingerprint density at radius 3 is 1.22 bits per heavy atom. The maximum absolute atomic E-state index is 12.5. The van der Waals surface area contributed by atoms with Gasteiger partial charge < -0.3 is 68.9 Å². The Labute approximate surface area is 664 Å². The SMILES string of the molecule is CC(C)(C)OC(=O)N[C@H](COCc1ccccc1)c1nnnn1CCOC(=O)NCCCCOC(=O)c1ccccc1.CS(=O)(=O)[O-].O=C(OCCCCI)c1ccccc1.O=C=NCCCCOC(=O)c1ccccc1.[NH3+][C@H](COCc1ccccc1)c1nnnn1CCOC(=O)NCCCCOC(=O)c1ccccc1. The van der Waals surface area contributed by atoms with Gasteiger partial charge in [0.25, 0.3) is 0 Å². The van der Waals surface area contributed by atoms with Crippen molar-refractivity contribution in [2.24, 2.45) is 4.99 Å². The molecule has 8 rings (SSSR count). The minimum atomic E-state index is -3.92. The number of halogens is 1. The van der Waals surface area contributed by atoms with Crippen LogP contribution in [0.15, 0.2) is 187 Å². The lowest BCUT2D eigenvalue weighted by Gasteiger charge is -2.23. The largest absolute Gasteiger partial charge is 0.748 e. The summed E-state index contributed by atoms with van der Waals surface area (Å²) in [5.74, 6) is -0.392. The lowest BCUT2D eigenvalue weighted by Crippen LogP contribution is -2.56. The van der Waals surface area contributed by atoms with Crippen LogP contribution in [0, 0.1) is 0 Å². The highest BCUT2D eigenvalue weighted by Gasteiger charge is 2.26. The Balaban J connectivity index is 0.000000335. The van der Waals surface area contributed by atoms with E-state index in [4.69, 9.17) is 55.6 Å². The molecule has 6 aromatic carbocycles. The zero-order chi connectivity index (χ0) is 81.3. The molecule has 0 saturated carbocycles. The van der Waals surface area contributed by atoms with Crippen LogP contribution in [0.3, 0.4) is 0 Å². The van der Waals surface area contributed by atoms with Gasteiger partial charge in [-0.2, -0.15) is 0 Å². The number of carbonyl (C=O) groups is 7. The molecule has 2 heterocycles. The number of nitrogens with one attached hydrogen (secondary N) is 3. The van der Waals surface area contributed by atoms with Gasteiger partial charge in [-0.3, -0.25) is 0 Å². The van der Waals surface area contributed by atoms with E-state index in [0.717, 1.165) is 34.8 Å². The molecule has 2 aromatic heterocycles. The van der Waals surface area contributed by atoms with E-state index in [9.17, 15) is 38.4 Å². The molecule has 0 aliphatic rings. The van der Waals surface area contributed by atoms with Crippen molar-refractivity contribution in [3.8, 4) is 0 Å². The summed E-state index contributed by atoms with van der Waals surface area (Å²) < 4.78 is 79.2. The first-order chi connectivity index (χ1) is 54.0. The molecule has 0 spiro atoms. The molecule has 0 bridgehead atoms. The summed E-state index contributed by atoms with van der Waals surface area (Å²) in [6.45, 7) is 9.71. The molecule has 0 fully saturated rings. The van der Waals surface area contributed by atoms with Crippen molar-refractivity contribution >= 4 is 80.9 Å². The number of aliphatic imine (C=N–C) groups is 1. The Kier molecular flexibility index (Phi) is 47.0. The topological polar surface area (TPSA) is 440 Å². The number of benzene rings is 6. The van der Waals surface area contributed by atoms with Gasteiger partial charge in [0.2, 0.25) is 11.9 Å². The second-order valence-electron chi connectivity index (χ2n) is 24.7. The zero-order valence-corrected chi connectivity index (χ0v) is 66.1. The van der Waals surface area contributed by atoms with Crippen molar-refractivity contribution in [1.29, 1.82) is 0 Å². The second kappa shape index (κ2) is 56.3. The van der Waals surface area contributed by atoms with E-state index in [1.165, 1.54) is 10.8 Å². The molecule has 35 heteroatoms. The molecule has 0 saturated heterocycles. The molecule has 0 aliphatic heterocycles. The van der Waals surface area contributed by atoms with Gasteiger partial charge in [-0.25, -0.2) is 61.1 Å². The number of rotatable bonds is 40. The second-order valence-corrected chi connectivity index (χ2v) is 27.2. The van der Waals surface area contributed by atoms with Crippen LogP contribution in [0.25, 0.3) is 0 Å². The number of ether oxygens (including phenoxy) is 9. The molecule has 0 radical (unpaired) electrons.